The van der Waals surface area contributed by atoms with Crippen molar-refractivity contribution in [1.82, 2.24) is 4.37 Å². The van der Waals surface area contributed by atoms with E-state index in [2.05, 4.69) is 4.37 Å². The van der Waals surface area contributed by atoms with E-state index in [0.29, 0.717) is 11.4 Å². The Labute approximate surface area is 114 Å². The molecule has 6 heteroatoms. The number of aryl methyl sites for hydroxylation is 1. The third-order valence-electron chi connectivity index (χ3n) is 2.52. The number of anilines is 2. The van der Waals surface area contributed by atoms with E-state index < -0.39 is 5.91 Å². The molecule has 98 valence electrons. The van der Waals surface area contributed by atoms with Crippen LogP contribution in [0.1, 0.15) is 22.3 Å². The van der Waals surface area contributed by atoms with Crippen molar-refractivity contribution >= 4 is 34.7 Å². The quantitative estimate of drug-likeness (QED) is 0.853. The lowest BCUT2D eigenvalue weighted by atomic mass is 10.2. The molecule has 1 aromatic carbocycles. The van der Waals surface area contributed by atoms with Gasteiger partial charge >= 0.3 is 0 Å². The second-order valence-electron chi connectivity index (χ2n) is 4.07. The number of amides is 2. The van der Waals surface area contributed by atoms with Gasteiger partial charge in [0, 0.05) is 17.5 Å². The number of hydrogen-bond acceptors (Lipinski definition) is 5. The molecule has 0 saturated heterocycles. The molecule has 0 saturated carbocycles. The number of carbonyl (C=O) groups is 2. The maximum Gasteiger partial charge on any atom is 0.284 e. The third kappa shape index (κ3) is 2.79. The normalized spacial score (nSPS) is 10.2. The summed E-state index contributed by atoms with van der Waals surface area (Å²) in [4.78, 5) is 26.0. The monoisotopic (exact) mass is 275 g/mol. The zero-order valence-corrected chi connectivity index (χ0v) is 11.4. The Morgan fingerprint density at radius 3 is 2.37 bits per heavy atom. The van der Waals surface area contributed by atoms with Crippen LogP contribution in [0.4, 0.5) is 11.4 Å². The van der Waals surface area contributed by atoms with Crippen LogP contribution in [0.3, 0.4) is 0 Å². The lowest BCUT2D eigenvalue weighted by Crippen LogP contribution is -2.35. The Morgan fingerprint density at radius 1 is 1.26 bits per heavy atom. The van der Waals surface area contributed by atoms with Gasteiger partial charge in [0.1, 0.15) is 5.69 Å². The number of nitrogens with two attached hydrogens (primary N) is 1. The molecule has 19 heavy (non-hydrogen) atoms. The number of rotatable bonds is 2. The van der Waals surface area contributed by atoms with Gasteiger partial charge in [-0.1, -0.05) is 0 Å². The fourth-order valence-electron chi connectivity index (χ4n) is 1.65. The number of imide groups is 1. The Balaban J connectivity index is 2.38. The van der Waals surface area contributed by atoms with Crippen LogP contribution in [0.5, 0.6) is 0 Å². The Hall–Kier alpha value is -2.21. The highest BCUT2D eigenvalue weighted by molar-refractivity contribution is 7.05. The molecule has 0 spiro atoms. The first kappa shape index (κ1) is 13.2. The summed E-state index contributed by atoms with van der Waals surface area (Å²) in [5.74, 6) is -0.790. The van der Waals surface area contributed by atoms with Crippen LogP contribution in [-0.4, -0.2) is 16.2 Å². The summed E-state index contributed by atoms with van der Waals surface area (Å²) >= 11 is 1.23. The highest BCUT2D eigenvalue weighted by Gasteiger charge is 2.23. The molecule has 1 aromatic heterocycles. The minimum atomic E-state index is -0.429. The van der Waals surface area contributed by atoms with Gasteiger partial charge in [0.15, 0.2) is 0 Å². The summed E-state index contributed by atoms with van der Waals surface area (Å²) in [6.07, 6.45) is 0. The summed E-state index contributed by atoms with van der Waals surface area (Å²) in [5.41, 5.74) is 6.92. The molecule has 1 heterocycles. The van der Waals surface area contributed by atoms with Gasteiger partial charge in [0.05, 0.1) is 5.69 Å². The Morgan fingerprint density at radius 2 is 1.89 bits per heavy atom. The van der Waals surface area contributed by atoms with E-state index in [4.69, 9.17) is 5.73 Å². The molecule has 0 aliphatic carbocycles. The molecule has 0 fully saturated rings. The van der Waals surface area contributed by atoms with Crippen molar-refractivity contribution in [3.63, 3.8) is 0 Å². The maximum absolute atomic E-state index is 12.3. The molecule has 5 nitrogen and oxygen atoms in total. The van der Waals surface area contributed by atoms with E-state index in [1.165, 1.54) is 18.5 Å². The van der Waals surface area contributed by atoms with E-state index in [0.717, 1.165) is 9.78 Å². The lowest BCUT2D eigenvalue weighted by molar-refractivity contribution is -0.115. The average molecular weight is 275 g/mol. The number of aromatic nitrogens is 1. The molecule has 0 bridgehead atoms. The number of hydrogen-bond donors (Lipinski definition) is 1. The molecule has 0 aliphatic rings. The molecule has 2 rings (SSSR count). The molecule has 0 aliphatic heterocycles. The third-order valence-corrected chi connectivity index (χ3v) is 3.21. The summed E-state index contributed by atoms with van der Waals surface area (Å²) in [6, 6.07) is 8.22. The molecule has 2 N–H and O–H groups in total. The number of nitrogens with zero attached hydrogens (tertiary/aromatic N) is 2. The van der Waals surface area contributed by atoms with Crippen molar-refractivity contribution in [1.29, 1.82) is 0 Å². The van der Waals surface area contributed by atoms with E-state index in [1.54, 1.807) is 30.3 Å². The number of carbonyl (C=O) groups excluding carboxylic acids is 2. The van der Waals surface area contributed by atoms with E-state index in [1.807, 2.05) is 6.92 Å². The second kappa shape index (κ2) is 5.19. The van der Waals surface area contributed by atoms with Crippen LogP contribution in [0.15, 0.2) is 30.3 Å². The van der Waals surface area contributed by atoms with Crippen molar-refractivity contribution in [3.8, 4) is 0 Å². The molecular weight excluding hydrogens is 262 g/mol. The molecule has 0 radical (unpaired) electrons. The zero-order chi connectivity index (χ0) is 14.0. The number of benzene rings is 1. The zero-order valence-electron chi connectivity index (χ0n) is 10.6. The molecule has 2 amide bonds. The van der Waals surface area contributed by atoms with Crippen molar-refractivity contribution in [2.24, 2.45) is 0 Å². The lowest BCUT2D eigenvalue weighted by Gasteiger charge is -2.18. The topological polar surface area (TPSA) is 76.3 Å². The molecule has 0 atom stereocenters. The first-order chi connectivity index (χ1) is 8.99. The van der Waals surface area contributed by atoms with E-state index in [9.17, 15) is 9.59 Å². The van der Waals surface area contributed by atoms with E-state index >= 15 is 0 Å². The van der Waals surface area contributed by atoms with Crippen LogP contribution < -0.4 is 10.6 Å². The van der Waals surface area contributed by atoms with Gasteiger partial charge < -0.3 is 5.73 Å². The first-order valence-corrected chi connectivity index (χ1v) is 6.40. The van der Waals surface area contributed by atoms with Gasteiger partial charge in [-0.2, -0.15) is 4.37 Å². The fraction of sp³-hybridized carbons (Fsp3) is 0.154. The summed E-state index contributed by atoms with van der Waals surface area (Å²) in [7, 11) is 0. The minimum Gasteiger partial charge on any atom is -0.399 e. The second-order valence-corrected chi connectivity index (χ2v) is 5.08. The van der Waals surface area contributed by atoms with Crippen molar-refractivity contribution in [3.05, 3.63) is 40.9 Å². The van der Waals surface area contributed by atoms with Gasteiger partial charge in [-0.05, 0) is 48.8 Å². The van der Waals surface area contributed by atoms with Gasteiger partial charge in [-0.25, -0.2) is 4.90 Å². The van der Waals surface area contributed by atoms with Crippen LogP contribution in [0.2, 0.25) is 0 Å². The summed E-state index contributed by atoms with van der Waals surface area (Å²) in [6.45, 7) is 3.20. The SMILES string of the molecule is CC(=O)N(C(=O)c1cc(C)sn1)c1ccc(N)cc1. The first-order valence-electron chi connectivity index (χ1n) is 5.63. The van der Waals surface area contributed by atoms with Gasteiger partial charge in [0.2, 0.25) is 5.91 Å². The predicted molar refractivity (Wildman–Crippen MR) is 75.2 cm³/mol. The van der Waals surface area contributed by atoms with Crippen LogP contribution in [-0.2, 0) is 4.79 Å². The fourth-order valence-corrected chi connectivity index (χ4v) is 2.18. The molecular formula is C13H13N3O2S. The van der Waals surface area contributed by atoms with Crippen molar-refractivity contribution in [2.45, 2.75) is 13.8 Å². The highest BCUT2D eigenvalue weighted by atomic mass is 32.1. The Bertz CT molecular complexity index is 619. The van der Waals surface area contributed by atoms with Gasteiger partial charge in [-0.3, -0.25) is 9.59 Å². The van der Waals surface area contributed by atoms with Crippen LogP contribution >= 0.6 is 11.5 Å². The summed E-state index contributed by atoms with van der Waals surface area (Å²) < 4.78 is 4.04. The number of nitrogen functional groups attached to an aromatic ring is 1. The standard InChI is InChI=1S/C13H13N3O2S/c1-8-7-12(15-19-8)13(18)16(9(2)17)11-5-3-10(14)4-6-11/h3-7H,14H2,1-2H3. The van der Waals surface area contributed by atoms with E-state index in [-0.39, 0.29) is 11.6 Å². The predicted octanol–water partition coefficient (Wildman–Crippen LogP) is 2.23. The van der Waals surface area contributed by atoms with Crippen molar-refractivity contribution in [2.75, 3.05) is 10.6 Å². The van der Waals surface area contributed by atoms with Crippen LogP contribution in [0, 0.1) is 6.92 Å². The maximum atomic E-state index is 12.3. The molecule has 0 unspecified atom stereocenters. The van der Waals surface area contributed by atoms with Gasteiger partial charge in [-0.15, -0.1) is 0 Å². The van der Waals surface area contributed by atoms with Gasteiger partial charge in [0.25, 0.3) is 5.91 Å². The van der Waals surface area contributed by atoms with Crippen LogP contribution in [0.25, 0.3) is 0 Å². The van der Waals surface area contributed by atoms with Crippen molar-refractivity contribution < 1.29 is 9.59 Å². The summed E-state index contributed by atoms with van der Waals surface area (Å²) in [5, 5.41) is 0. The largest absolute Gasteiger partial charge is 0.399 e. The highest BCUT2D eigenvalue weighted by Crippen LogP contribution is 2.20. The average Bonchev–Trinajstić information content (AvgIpc) is 2.78. The molecule has 2 aromatic rings. The Kier molecular flexibility index (Phi) is 3.62. The minimum absolute atomic E-state index is 0.273. The smallest absolute Gasteiger partial charge is 0.284 e.